The van der Waals surface area contributed by atoms with Crippen molar-refractivity contribution >= 4 is 29.9 Å². The van der Waals surface area contributed by atoms with E-state index in [-0.39, 0.29) is 24.0 Å². The standard InChI is InChI=1S/C20H28N4.HI/c1-4-22-20(23-13-11-18-6-5-12-21-15-18)24-14-17(3)19-9-7-16(2)8-10-19;/h5-10,12,15,17H,4,11,13-14H2,1-3H3,(H2,22,23,24);1H. The number of guanidine groups is 1. The zero-order valence-corrected chi connectivity index (χ0v) is 17.7. The maximum atomic E-state index is 4.72. The predicted octanol–water partition coefficient (Wildman–Crippen LogP) is 3.91. The second kappa shape index (κ2) is 11.8. The molecule has 0 bridgehead atoms. The van der Waals surface area contributed by atoms with Gasteiger partial charge in [-0.3, -0.25) is 9.98 Å². The minimum absolute atomic E-state index is 0. The smallest absolute Gasteiger partial charge is 0.191 e. The molecule has 2 N–H and O–H groups in total. The molecule has 0 spiro atoms. The van der Waals surface area contributed by atoms with Gasteiger partial charge in [0.1, 0.15) is 0 Å². The van der Waals surface area contributed by atoms with E-state index in [1.54, 1.807) is 6.20 Å². The highest BCUT2D eigenvalue weighted by molar-refractivity contribution is 14.0. The lowest BCUT2D eigenvalue weighted by Crippen LogP contribution is -2.38. The molecule has 1 unspecified atom stereocenters. The van der Waals surface area contributed by atoms with Crippen LogP contribution >= 0.6 is 24.0 Å². The Balaban J connectivity index is 0.00000312. The SMILES string of the molecule is CCNC(=NCC(C)c1ccc(C)cc1)NCCc1cccnc1.I. The van der Waals surface area contributed by atoms with Crippen molar-refractivity contribution in [1.29, 1.82) is 0 Å². The predicted molar refractivity (Wildman–Crippen MR) is 117 cm³/mol. The Morgan fingerprint density at radius 1 is 1.16 bits per heavy atom. The number of benzene rings is 1. The average Bonchev–Trinajstić information content (AvgIpc) is 2.61. The van der Waals surface area contributed by atoms with Gasteiger partial charge >= 0.3 is 0 Å². The maximum Gasteiger partial charge on any atom is 0.191 e. The van der Waals surface area contributed by atoms with Crippen LogP contribution in [0.3, 0.4) is 0 Å². The van der Waals surface area contributed by atoms with Gasteiger partial charge in [0, 0.05) is 37.9 Å². The van der Waals surface area contributed by atoms with Crippen molar-refractivity contribution in [2.75, 3.05) is 19.6 Å². The molecule has 0 amide bonds. The van der Waals surface area contributed by atoms with Crippen LogP contribution in [0.5, 0.6) is 0 Å². The molecule has 1 aromatic carbocycles. The van der Waals surface area contributed by atoms with Gasteiger partial charge in [0.05, 0.1) is 0 Å². The quantitative estimate of drug-likeness (QED) is 0.381. The molecule has 1 aromatic heterocycles. The molecule has 0 fully saturated rings. The van der Waals surface area contributed by atoms with E-state index in [2.05, 4.69) is 66.7 Å². The number of aryl methyl sites for hydroxylation is 1. The number of rotatable bonds is 7. The summed E-state index contributed by atoms with van der Waals surface area (Å²) in [5.74, 6) is 1.28. The molecule has 0 saturated carbocycles. The molecule has 1 heterocycles. The summed E-state index contributed by atoms with van der Waals surface area (Å²) in [6.45, 7) is 8.89. The first-order valence-electron chi connectivity index (χ1n) is 8.66. The molecular formula is C20H29IN4. The number of hydrogen-bond acceptors (Lipinski definition) is 2. The first kappa shape index (κ1) is 21.4. The van der Waals surface area contributed by atoms with Gasteiger partial charge in [-0.15, -0.1) is 24.0 Å². The summed E-state index contributed by atoms with van der Waals surface area (Å²) >= 11 is 0. The van der Waals surface area contributed by atoms with Crippen molar-refractivity contribution in [3.63, 3.8) is 0 Å². The van der Waals surface area contributed by atoms with Gasteiger partial charge < -0.3 is 10.6 Å². The highest BCUT2D eigenvalue weighted by atomic mass is 127. The lowest BCUT2D eigenvalue weighted by atomic mass is 10.0. The van der Waals surface area contributed by atoms with Crippen LogP contribution in [0.1, 0.15) is 36.5 Å². The van der Waals surface area contributed by atoms with Crippen molar-refractivity contribution < 1.29 is 0 Å². The molecule has 5 heteroatoms. The zero-order valence-electron chi connectivity index (χ0n) is 15.3. The topological polar surface area (TPSA) is 49.3 Å². The number of hydrogen-bond donors (Lipinski definition) is 2. The third kappa shape index (κ3) is 7.86. The molecule has 0 aliphatic heterocycles. The lowest BCUT2D eigenvalue weighted by Gasteiger charge is -2.14. The van der Waals surface area contributed by atoms with E-state index in [9.17, 15) is 0 Å². The van der Waals surface area contributed by atoms with Crippen LogP contribution in [0.15, 0.2) is 53.8 Å². The Kier molecular flexibility index (Phi) is 10.1. The lowest BCUT2D eigenvalue weighted by molar-refractivity contribution is 0.745. The molecule has 2 rings (SSSR count). The van der Waals surface area contributed by atoms with Crippen molar-refractivity contribution in [2.45, 2.75) is 33.1 Å². The fourth-order valence-electron chi connectivity index (χ4n) is 2.44. The fourth-order valence-corrected chi connectivity index (χ4v) is 2.44. The molecule has 0 radical (unpaired) electrons. The minimum Gasteiger partial charge on any atom is -0.357 e. The number of nitrogens with zero attached hydrogens (tertiary/aromatic N) is 2. The second-order valence-corrected chi connectivity index (χ2v) is 6.07. The summed E-state index contributed by atoms with van der Waals surface area (Å²) in [5, 5.41) is 6.70. The van der Waals surface area contributed by atoms with Crippen LogP contribution in [0.2, 0.25) is 0 Å². The van der Waals surface area contributed by atoms with Crippen LogP contribution < -0.4 is 10.6 Å². The molecule has 4 nitrogen and oxygen atoms in total. The Bertz CT molecular complexity index is 626. The van der Waals surface area contributed by atoms with Crippen LogP contribution in [-0.2, 0) is 6.42 Å². The van der Waals surface area contributed by atoms with Crippen LogP contribution in [0, 0.1) is 6.92 Å². The summed E-state index contributed by atoms with van der Waals surface area (Å²) in [7, 11) is 0. The van der Waals surface area contributed by atoms with E-state index in [1.165, 1.54) is 16.7 Å². The second-order valence-electron chi connectivity index (χ2n) is 6.07. The van der Waals surface area contributed by atoms with E-state index in [4.69, 9.17) is 4.99 Å². The van der Waals surface area contributed by atoms with Gasteiger partial charge in [-0.05, 0) is 37.5 Å². The van der Waals surface area contributed by atoms with E-state index in [1.807, 2.05) is 12.3 Å². The Morgan fingerprint density at radius 3 is 2.56 bits per heavy atom. The highest BCUT2D eigenvalue weighted by Gasteiger charge is 2.05. The zero-order chi connectivity index (χ0) is 17.2. The molecule has 1 atom stereocenters. The third-order valence-corrected chi connectivity index (χ3v) is 3.94. The summed E-state index contributed by atoms with van der Waals surface area (Å²) in [4.78, 5) is 8.87. The minimum atomic E-state index is 0. The maximum absolute atomic E-state index is 4.72. The van der Waals surface area contributed by atoms with Crippen molar-refractivity contribution in [1.82, 2.24) is 15.6 Å². The van der Waals surface area contributed by atoms with Crippen molar-refractivity contribution in [3.05, 3.63) is 65.5 Å². The van der Waals surface area contributed by atoms with Crippen LogP contribution in [-0.4, -0.2) is 30.6 Å². The van der Waals surface area contributed by atoms with Crippen LogP contribution in [0.4, 0.5) is 0 Å². The van der Waals surface area contributed by atoms with Crippen molar-refractivity contribution in [2.24, 2.45) is 4.99 Å². The highest BCUT2D eigenvalue weighted by Crippen LogP contribution is 2.15. The Labute approximate surface area is 168 Å². The van der Waals surface area contributed by atoms with Gasteiger partial charge in [-0.25, -0.2) is 0 Å². The summed E-state index contributed by atoms with van der Waals surface area (Å²) in [6.07, 6.45) is 4.64. The molecule has 2 aromatic rings. The number of nitrogens with one attached hydrogen (secondary N) is 2. The van der Waals surface area contributed by atoms with Crippen LogP contribution in [0.25, 0.3) is 0 Å². The molecule has 0 aliphatic carbocycles. The van der Waals surface area contributed by atoms with E-state index in [0.717, 1.165) is 32.0 Å². The Morgan fingerprint density at radius 2 is 1.92 bits per heavy atom. The number of halogens is 1. The van der Waals surface area contributed by atoms with Gasteiger partial charge in [-0.1, -0.05) is 42.8 Å². The molecule has 136 valence electrons. The van der Waals surface area contributed by atoms with E-state index < -0.39 is 0 Å². The van der Waals surface area contributed by atoms with Gasteiger partial charge in [0.2, 0.25) is 0 Å². The molecular weight excluding hydrogens is 423 g/mol. The third-order valence-electron chi connectivity index (χ3n) is 3.94. The number of aromatic nitrogens is 1. The normalized spacial score (nSPS) is 12.2. The monoisotopic (exact) mass is 452 g/mol. The van der Waals surface area contributed by atoms with Crippen molar-refractivity contribution in [3.8, 4) is 0 Å². The van der Waals surface area contributed by atoms with E-state index >= 15 is 0 Å². The molecule has 0 saturated heterocycles. The van der Waals surface area contributed by atoms with Gasteiger partial charge in [0.15, 0.2) is 5.96 Å². The molecule has 25 heavy (non-hydrogen) atoms. The first-order chi connectivity index (χ1) is 11.7. The first-order valence-corrected chi connectivity index (χ1v) is 8.66. The largest absolute Gasteiger partial charge is 0.357 e. The summed E-state index contributed by atoms with van der Waals surface area (Å²) in [6, 6.07) is 12.8. The summed E-state index contributed by atoms with van der Waals surface area (Å²) < 4.78 is 0. The number of aliphatic imine (C=N–C) groups is 1. The van der Waals surface area contributed by atoms with Gasteiger partial charge in [0.25, 0.3) is 0 Å². The Hall–Kier alpha value is -1.63. The molecule has 0 aliphatic rings. The van der Waals surface area contributed by atoms with E-state index in [0.29, 0.717) is 5.92 Å². The average molecular weight is 452 g/mol. The summed E-state index contributed by atoms with van der Waals surface area (Å²) in [5.41, 5.74) is 3.85. The van der Waals surface area contributed by atoms with Gasteiger partial charge in [-0.2, -0.15) is 0 Å². The fraction of sp³-hybridized carbons (Fsp3) is 0.400. The number of pyridine rings is 1.